The van der Waals surface area contributed by atoms with Crippen LogP contribution in [-0.4, -0.2) is 38.3 Å². The molecule has 0 saturated carbocycles. The second kappa shape index (κ2) is 10.6. The fourth-order valence-electron chi connectivity index (χ4n) is 5.20. The molecule has 3 aromatic carbocycles. The van der Waals surface area contributed by atoms with Gasteiger partial charge in [0.15, 0.2) is 5.82 Å². The number of aromatic nitrogens is 4. The summed E-state index contributed by atoms with van der Waals surface area (Å²) in [4.78, 5) is 18.7. The lowest BCUT2D eigenvalue weighted by Gasteiger charge is -2.26. The maximum absolute atomic E-state index is 11.7. The van der Waals surface area contributed by atoms with E-state index >= 15 is 0 Å². The third kappa shape index (κ3) is 4.80. The highest BCUT2D eigenvalue weighted by Crippen LogP contribution is 2.33. The number of hydrogen-bond acceptors (Lipinski definition) is 7. The molecule has 6 aromatic rings. The van der Waals surface area contributed by atoms with Gasteiger partial charge < -0.3 is 14.4 Å². The average molecular weight is 549 g/mol. The molecule has 0 radical (unpaired) electrons. The minimum Gasteiger partial charge on any atom is -0.497 e. The van der Waals surface area contributed by atoms with Crippen LogP contribution >= 0.6 is 0 Å². The first kappa shape index (κ1) is 25.9. The number of aryl methyl sites for hydroxylation is 1. The Labute approximate surface area is 236 Å². The zero-order chi connectivity index (χ0) is 28.5. The van der Waals surface area contributed by atoms with Crippen LogP contribution in [0, 0.1) is 17.0 Å². The summed E-state index contributed by atoms with van der Waals surface area (Å²) < 4.78 is 14.8. The van der Waals surface area contributed by atoms with E-state index in [9.17, 15) is 10.1 Å². The number of fused-ring (bicyclic) bond motifs is 2. The van der Waals surface area contributed by atoms with Crippen LogP contribution in [0.4, 0.5) is 11.5 Å². The lowest BCUT2D eigenvalue weighted by atomic mass is 10.1. The predicted octanol–water partition coefficient (Wildman–Crippen LogP) is 6.11. The van der Waals surface area contributed by atoms with E-state index in [1.165, 1.54) is 6.07 Å². The van der Waals surface area contributed by atoms with Crippen molar-refractivity contribution in [2.75, 3.05) is 19.1 Å². The number of anilines is 1. The van der Waals surface area contributed by atoms with Crippen LogP contribution in [0.15, 0.2) is 91.1 Å². The second-order valence-electron chi connectivity index (χ2n) is 9.68. The molecule has 0 N–H and O–H groups in total. The minimum absolute atomic E-state index is 0.0453. The van der Waals surface area contributed by atoms with E-state index in [4.69, 9.17) is 19.6 Å². The van der Waals surface area contributed by atoms with Crippen LogP contribution < -0.4 is 14.4 Å². The molecule has 0 aliphatic rings. The summed E-state index contributed by atoms with van der Waals surface area (Å²) in [6.07, 6.45) is 1.88. The number of nitro groups is 1. The van der Waals surface area contributed by atoms with Crippen molar-refractivity contribution in [1.82, 2.24) is 19.2 Å². The summed E-state index contributed by atoms with van der Waals surface area (Å²) in [7, 11) is 3.27. The van der Waals surface area contributed by atoms with Gasteiger partial charge in [-0.25, -0.2) is 4.52 Å². The van der Waals surface area contributed by atoms with Gasteiger partial charge in [0.1, 0.15) is 17.0 Å². The van der Waals surface area contributed by atoms with Crippen LogP contribution in [0.1, 0.15) is 16.8 Å². The van der Waals surface area contributed by atoms with Gasteiger partial charge in [-0.1, -0.05) is 36.4 Å². The van der Waals surface area contributed by atoms with Gasteiger partial charge in [-0.3, -0.25) is 14.7 Å². The number of nitro benzene ring substituents is 1. The van der Waals surface area contributed by atoms with Crippen molar-refractivity contribution in [3.05, 3.63) is 118 Å². The fourth-order valence-corrected chi connectivity index (χ4v) is 5.20. The van der Waals surface area contributed by atoms with Gasteiger partial charge in [-0.15, -0.1) is 5.10 Å². The molecule has 10 heteroatoms. The minimum atomic E-state index is -0.364. The van der Waals surface area contributed by atoms with Crippen molar-refractivity contribution in [3.63, 3.8) is 0 Å². The van der Waals surface area contributed by atoms with E-state index in [1.54, 1.807) is 30.9 Å². The van der Waals surface area contributed by atoms with E-state index in [0.29, 0.717) is 47.3 Å². The van der Waals surface area contributed by atoms with Crippen LogP contribution in [0.25, 0.3) is 22.4 Å². The number of ether oxygens (including phenoxy) is 2. The Balaban J connectivity index is 1.53. The van der Waals surface area contributed by atoms with E-state index in [2.05, 4.69) is 17.0 Å². The van der Waals surface area contributed by atoms with Crippen molar-refractivity contribution in [2.45, 2.75) is 20.0 Å². The third-order valence-corrected chi connectivity index (χ3v) is 7.14. The summed E-state index contributed by atoms with van der Waals surface area (Å²) in [5.41, 5.74) is 4.41. The Morgan fingerprint density at radius 3 is 2.46 bits per heavy atom. The first-order valence-electron chi connectivity index (χ1n) is 13.1. The van der Waals surface area contributed by atoms with Crippen LogP contribution in [0.5, 0.6) is 11.5 Å². The van der Waals surface area contributed by atoms with E-state index < -0.39 is 0 Å². The monoisotopic (exact) mass is 548 g/mol. The molecule has 3 heterocycles. The molecular weight excluding hydrogens is 520 g/mol. The molecule has 0 fully saturated rings. The van der Waals surface area contributed by atoms with Gasteiger partial charge in [0.05, 0.1) is 30.0 Å². The molecule has 10 nitrogen and oxygen atoms in total. The molecule has 0 saturated heterocycles. The molecule has 0 spiro atoms. The summed E-state index contributed by atoms with van der Waals surface area (Å²) >= 11 is 0. The van der Waals surface area contributed by atoms with Gasteiger partial charge >= 0.3 is 0 Å². The lowest BCUT2D eigenvalue weighted by Crippen LogP contribution is -2.25. The normalized spacial score (nSPS) is 11.2. The average Bonchev–Trinajstić information content (AvgIpc) is 3.60. The largest absolute Gasteiger partial charge is 0.497 e. The molecule has 0 bridgehead atoms. The Morgan fingerprint density at radius 1 is 0.902 bits per heavy atom. The molecule has 3 aromatic heterocycles. The highest BCUT2D eigenvalue weighted by atomic mass is 16.6. The summed E-state index contributed by atoms with van der Waals surface area (Å²) in [5, 5.41) is 17.1. The van der Waals surface area contributed by atoms with Crippen LogP contribution in [-0.2, 0) is 13.1 Å². The summed E-state index contributed by atoms with van der Waals surface area (Å²) in [5.74, 6) is 2.55. The van der Waals surface area contributed by atoms with E-state index in [1.807, 2.05) is 72.3 Å². The van der Waals surface area contributed by atoms with Crippen LogP contribution in [0.2, 0.25) is 0 Å². The Bertz CT molecular complexity index is 1880. The molecule has 0 amide bonds. The van der Waals surface area contributed by atoms with Crippen molar-refractivity contribution in [1.29, 1.82) is 0 Å². The van der Waals surface area contributed by atoms with E-state index in [0.717, 1.165) is 22.3 Å². The van der Waals surface area contributed by atoms with E-state index in [-0.39, 0.29) is 10.6 Å². The zero-order valence-electron chi connectivity index (χ0n) is 22.9. The zero-order valence-corrected chi connectivity index (χ0v) is 22.9. The first-order chi connectivity index (χ1) is 20.0. The van der Waals surface area contributed by atoms with Crippen molar-refractivity contribution < 1.29 is 14.4 Å². The van der Waals surface area contributed by atoms with Gasteiger partial charge in [0.25, 0.3) is 11.6 Å². The summed E-state index contributed by atoms with van der Waals surface area (Å²) in [6, 6.07) is 26.7. The standard InChI is InChI=1S/C31H28N6O4/c1-21-17-25-26(11-7-12-27(25)37(38)39)36(21)31-32-30(28-13-8-16-35(28)33-31)34(19-22-9-5-4-6-10-22)20-23-14-15-24(40-2)18-29(23)41-3/h4-18H,19-20H2,1-3H3. The van der Waals surface area contributed by atoms with Gasteiger partial charge in [0.2, 0.25) is 0 Å². The number of rotatable bonds is 9. The molecule has 0 atom stereocenters. The van der Waals surface area contributed by atoms with Crippen molar-refractivity contribution >= 4 is 27.9 Å². The number of methoxy groups -OCH3 is 2. The Hall–Kier alpha value is -5.38. The molecule has 6 rings (SSSR count). The van der Waals surface area contributed by atoms with Crippen molar-refractivity contribution in [2.24, 2.45) is 0 Å². The SMILES string of the molecule is COc1ccc(CN(Cc2ccccc2)c2nc(-n3c(C)cc4c([N+](=O)[O-])cccc43)nn3cccc23)c(OC)c1. The quantitative estimate of drug-likeness (QED) is 0.159. The molecule has 0 aliphatic heterocycles. The highest BCUT2D eigenvalue weighted by molar-refractivity contribution is 5.91. The third-order valence-electron chi connectivity index (χ3n) is 7.14. The van der Waals surface area contributed by atoms with Gasteiger partial charge in [-0.05, 0) is 48.9 Å². The second-order valence-corrected chi connectivity index (χ2v) is 9.68. The lowest BCUT2D eigenvalue weighted by molar-refractivity contribution is -0.383. The predicted molar refractivity (Wildman–Crippen MR) is 157 cm³/mol. The Morgan fingerprint density at radius 2 is 1.71 bits per heavy atom. The Kier molecular flexibility index (Phi) is 6.72. The summed E-state index contributed by atoms with van der Waals surface area (Å²) in [6.45, 7) is 2.97. The number of benzene rings is 3. The van der Waals surface area contributed by atoms with Gasteiger partial charge in [-0.2, -0.15) is 4.98 Å². The van der Waals surface area contributed by atoms with Gasteiger partial charge in [0, 0.05) is 42.7 Å². The molecular formula is C31H28N6O4. The van der Waals surface area contributed by atoms with Crippen molar-refractivity contribution in [3.8, 4) is 17.4 Å². The first-order valence-corrected chi connectivity index (χ1v) is 13.1. The molecule has 0 aliphatic carbocycles. The number of nitrogens with zero attached hydrogens (tertiary/aromatic N) is 6. The fraction of sp³-hybridized carbons (Fsp3) is 0.161. The number of hydrogen-bond donors (Lipinski definition) is 0. The topological polar surface area (TPSA) is 100.0 Å². The number of non-ortho nitro benzene ring substituents is 1. The van der Waals surface area contributed by atoms with Crippen LogP contribution in [0.3, 0.4) is 0 Å². The molecule has 0 unspecified atom stereocenters. The smallest absolute Gasteiger partial charge is 0.278 e. The molecule has 206 valence electrons. The molecule has 41 heavy (non-hydrogen) atoms. The highest BCUT2D eigenvalue weighted by Gasteiger charge is 2.22. The maximum Gasteiger partial charge on any atom is 0.278 e. The maximum atomic E-state index is 11.7.